The molecule has 0 saturated heterocycles. The van der Waals surface area contributed by atoms with Crippen molar-refractivity contribution in [3.8, 4) is 20.9 Å². The zero-order valence-corrected chi connectivity index (χ0v) is 22.1. The first-order valence-electron chi connectivity index (χ1n) is 12.7. The maximum Gasteiger partial charge on any atom is 0.0351 e. The van der Waals surface area contributed by atoms with Crippen LogP contribution in [-0.2, 0) is 13.0 Å². The minimum absolute atomic E-state index is 0.590. The minimum atomic E-state index is 0.590. The van der Waals surface area contributed by atoms with Crippen LogP contribution in [0.2, 0.25) is 0 Å². The summed E-state index contributed by atoms with van der Waals surface area (Å²) in [5.41, 5.74) is 22.5. The lowest BCUT2D eigenvalue weighted by Crippen LogP contribution is -1.98. The summed E-state index contributed by atoms with van der Waals surface area (Å²) in [6, 6.07) is 22.6. The number of benzene rings is 2. The molecule has 2 aromatic heterocycles. The molecule has 0 spiro atoms. The zero-order chi connectivity index (χ0) is 24.2. The van der Waals surface area contributed by atoms with Crippen molar-refractivity contribution in [1.29, 1.82) is 0 Å². The van der Waals surface area contributed by atoms with Crippen LogP contribution in [-0.4, -0.2) is 6.54 Å². The first kappa shape index (κ1) is 24.2. The van der Waals surface area contributed by atoms with E-state index in [4.69, 9.17) is 11.5 Å². The Labute approximate surface area is 217 Å². The van der Waals surface area contributed by atoms with E-state index in [9.17, 15) is 0 Å². The summed E-state index contributed by atoms with van der Waals surface area (Å²) in [6.45, 7) is 3.64. The largest absolute Gasteiger partial charge is 0.330 e. The third kappa shape index (κ3) is 5.36. The van der Waals surface area contributed by atoms with Gasteiger partial charge in [-0.1, -0.05) is 48.5 Å². The monoisotopic (exact) mass is 498 g/mol. The Morgan fingerprint density at radius 1 is 0.743 bits per heavy atom. The second kappa shape index (κ2) is 11.0. The number of rotatable bonds is 9. The summed E-state index contributed by atoms with van der Waals surface area (Å²) in [4.78, 5) is 4.12. The Morgan fingerprint density at radius 2 is 1.43 bits per heavy atom. The highest BCUT2D eigenvalue weighted by Gasteiger charge is 2.22. The lowest BCUT2D eigenvalue weighted by Gasteiger charge is -2.06. The van der Waals surface area contributed by atoms with E-state index in [2.05, 4.69) is 73.0 Å². The molecule has 0 radical (unpaired) electrons. The second-order valence-electron chi connectivity index (χ2n) is 9.43. The van der Waals surface area contributed by atoms with E-state index >= 15 is 0 Å². The van der Waals surface area contributed by atoms with Gasteiger partial charge in [0.25, 0.3) is 0 Å². The first-order chi connectivity index (χ1) is 17.2. The van der Waals surface area contributed by atoms with Crippen LogP contribution in [0.15, 0.2) is 66.0 Å². The highest BCUT2D eigenvalue weighted by Crippen LogP contribution is 2.45. The number of thiophene rings is 2. The van der Waals surface area contributed by atoms with Crippen LogP contribution in [0.25, 0.3) is 32.0 Å². The van der Waals surface area contributed by atoms with E-state index in [1.807, 2.05) is 22.7 Å². The third-order valence-electron chi connectivity index (χ3n) is 7.04. The second-order valence-corrected chi connectivity index (χ2v) is 11.6. The molecule has 2 aromatic carbocycles. The number of unbranched alkanes of at least 4 members (excludes halogenated alkanes) is 1. The predicted molar refractivity (Wildman–Crippen MR) is 155 cm³/mol. The van der Waals surface area contributed by atoms with Gasteiger partial charge in [0.15, 0.2) is 0 Å². The number of hydrogen-bond donors (Lipinski definition) is 2. The molecule has 1 aliphatic carbocycles. The third-order valence-corrected chi connectivity index (χ3v) is 9.12. The number of nitrogens with two attached hydrogens (primary N) is 2. The molecule has 0 bridgehead atoms. The molecule has 0 amide bonds. The molecule has 0 fully saturated rings. The van der Waals surface area contributed by atoms with E-state index in [-0.39, 0.29) is 0 Å². The molecule has 4 N–H and O–H groups in total. The Balaban J connectivity index is 1.39. The van der Waals surface area contributed by atoms with Crippen LogP contribution >= 0.6 is 22.7 Å². The molecule has 0 saturated carbocycles. The highest BCUT2D eigenvalue weighted by atomic mass is 32.1. The molecule has 4 aromatic rings. The first-order valence-corrected chi connectivity index (χ1v) is 14.4. The molecule has 180 valence electrons. The van der Waals surface area contributed by atoms with E-state index in [1.165, 1.54) is 79.3 Å². The standard InChI is InChI=1S/C31H34N2S2/c1-21-29(18-31(35-21)25-14-10-23(19-33)11-15-25)28-7-4-6-27(28)26-17-30(34-20-26)24-12-8-22(9-13-24)5-2-3-16-32/h8-15,17-18,20H,2-7,16,19,32-33H2,1H3. The van der Waals surface area contributed by atoms with Crippen molar-refractivity contribution < 1.29 is 0 Å². The topological polar surface area (TPSA) is 52.0 Å². The van der Waals surface area contributed by atoms with Crippen LogP contribution in [0, 0.1) is 6.92 Å². The van der Waals surface area contributed by atoms with Gasteiger partial charge in [0.05, 0.1) is 0 Å². The minimum Gasteiger partial charge on any atom is -0.330 e. The quantitative estimate of drug-likeness (QED) is 0.228. The van der Waals surface area contributed by atoms with E-state index < -0.39 is 0 Å². The summed E-state index contributed by atoms with van der Waals surface area (Å²) in [6.07, 6.45) is 6.95. The van der Waals surface area contributed by atoms with Gasteiger partial charge in [-0.15, -0.1) is 22.7 Å². The van der Waals surface area contributed by atoms with Gasteiger partial charge >= 0.3 is 0 Å². The van der Waals surface area contributed by atoms with Gasteiger partial charge in [-0.3, -0.25) is 0 Å². The average Bonchev–Trinajstić information content (AvgIpc) is 3.64. The van der Waals surface area contributed by atoms with Gasteiger partial charge in [-0.2, -0.15) is 0 Å². The van der Waals surface area contributed by atoms with Gasteiger partial charge < -0.3 is 11.5 Å². The normalized spacial score (nSPS) is 13.7. The van der Waals surface area contributed by atoms with Crippen LogP contribution < -0.4 is 11.5 Å². The van der Waals surface area contributed by atoms with E-state index in [1.54, 1.807) is 5.57 Å². The Morgan fingerprint density at radius 3 is 2.14 bits per heavy atom. The molecular weight excluding hydrogens is 464 g/mol. The molecule has 4 heteroatoms. The maximum absolute atomic E-state index is 5.78. The van der Waals surface area contributed by atoms with Crippen molar-refractivity contribution in [3.05, 3.63) is 93.2 Å². The summed E-state index contributed by atoms with van der Waals surface area (Å²) < 4.78 is 0. The SMILES string of the molecule is Cc1sc(-c2ccc(CN)cc2)cc1C1=C(c2csc(-c3ccc(CCCCN)cc3)c2)CCC1. The number of aryl methyl sites for hydroxylation is 2. The smallest absolute Gasteiger partial charge is 0.0351 e. The number of allylic oxidation sites excluding steroid dienone is 2. The summed E-state index contributed by atoms with van der Waals surface area (Å²) in [5.74, 6) is 0. The van der Waals surface area contributed by atoms with Crippen LogP contribution in [0.5, 0.6) is 0 Å². The van der Waals surface area contributed by atoms with Gasteiger partial charge in [0.2, 0.25) is 0 Å². The van der Waals surface area contributed by atoms with Crippen LogP contribution in [0.1, 0.15) is 59.2 Å². The molecule has 5 rings (SSSR count). The highest BCUT2D eigenvalue weighted by molar-refractivity contribution is 7.15. The maximum atomic E-state index is 5.78. The molecule has 0 atom stereocenters. The summed E-state index contributed by atoms with van der Waals surface area (Å²) >= 11 is 3.77. The molecule has 1 aliphatic rings. The zero-order valence-electron chi connectivity index (χ0n) is 20.5. The lowest BCUT2D eigenvalue weighted by molar-refractivity contribution is 0.745. The predicted octanol–water partition coefficient (Wildman–Crippen LogP) is 8.29. The van der Waals surface area contributed by atoms with Crippen LogP contribution in [0.3, 0.4) is 0 Å². The summed E-state index contributed by atoms with van der Waals surface area (Å²) in [5, 5.41) is 2.36. The van der Waals surface area contributed by atoms with E-state index in [0.717, 1.165) is 19.4 Å². The molecule has 2 nitrogen and oxygen atoms in total. The average molecular weight is 499 g/mol. The number of hydrogen-bond acceptors (Lipinski definition) is 4. The summed E-state index contributed by atoms with van der Waals surface area (Å²) in [7, 11) is 0. The van der Waals surface area contributed by atoms with Gasteiger partial charge in [-0.25, -0.2) is 0 Å². The molecular formula is C31H34N2S2. The van der Waals surface area contributed by atoms with Crippen molar-refractivity contribution in [1.82, 2.24) is 0 Å². The van der Waals surface area contributed by atoms with E-state index in [0.29, 0.717) is 6.54 Å². The molecule has 0 aliphatic heterocycles. The van der Waals surface area contributed by atoms with Crippen molar-refractivity contribution in [2.75, 3.05) is 6.54 Å². The Bertz CT molecular complexity index is 1310. The van der Waals surface area contributed by atoms with Crippen molar-refractivity contribution in [3.63, 3.8) is 0 Å². The van der Waals surface area contributed by atoms with Gasteiger partial charge in [-0.05, 0) is 114 Å². The van der Waals surface area contributed by atoms with Crippen molar-refractivity contribution in [2.45, 2.75) is 52.0 Å². The van der Waals surface area contributed by atoms with Crippen LogP contribution in [0.4, 0.5) is 0 Å². The Hall–Kier alpha value is -2.50. The lowest BCUT2D eigenvalue weighted by atomic mass is 9.98. The fourth-order valence-electron chi connectivity index (χ4n) is 5.04. The van der Waals surface area contributed by atoms with Crippen molar-refractivity contribution in [2.24, 2.45) is 11.5 Å². The Kier molecular flexibility index (Phi) is 7.64. The molecule has 35 heavy (non-hydrogen) atoms. The molecule has 2 heterocycles. The van der Waals surface area contributed by atoms with Crippen molar-refractivity contribution >= 4 is 33.8 Å². The molecule has 0 unspecified atom stereocenters. The van der Waals surface area contributed by atoms with Gasteiger partial charge in [0.1, 0.15) is 0 Å². The fraction of sp³-hybridized carbons (Fsp3) is 0.290. The van der Waals surface area contributed by atoms with Gasteiger partial charge in [0, 0.05) is 21.2 Å². The fourth-order valence-corrected chi connectivity index (χ4v) is 7.03.